The molecular weight excluding hydrogens is 402 g/mol. The Hall–Kier alpha value is -2.40. The van der Waals surface area contributed by atoms with Crippen molar-refractivity contribution in [2.45, 2.75) is 38.8 Å². The lowest BCUT2D eigenvalue weighted by molar-refractivity contribution is -0.137. The molecule has 1 nitrogen and oxygen atoms in total. The van der Waals surface area contributed by atoms with Gasteiger partial charge in [-0.15, -0.1) is 0 Å². The summed E-state index contributed by atoms with van der Waals surface area (Å²) < 4.78 is 54.0. The zero-order valence-corrected chi connectivity index (χ0v) is 17.2. The van der Waals surface area contributed by atoms with Crippen molar-refractivity contribution < 1.29 is 17.6 Å². The van der Waals surface area contributed by atoms with Gasteiger partial charge in [0.25, 0.3) is 0 Å². The Morgan fingerprint density at radius 3 is 2.28 bits per heavy atom. The summed E-state index contributed by atoms with van der Waals surface area (Å²) in [5.74, 6) is -0.955. The molecule has 0 saturated carbocycles. The number of nitrogens with zero attached hydrogens (tertiary/aromatic N) is 1. The largest absolute Gasteiger partial charge is 0.416 e. The molecule has 1 aromatic heterocycles. The predicted octanol–water partition coefficient (Wildman–Crippen LogP) is 7.67. The van der Waals surface area contributed by atoms with E-state index in [9.17, 15) is 17.6 Å². The van der Waals surface area contributed by atoms with Gasteiger partial charge in [0.2, 0.25) is 0 Å². The minimum absolute atomic E-state index is 0.171. The fourth-order valence-electron chi connectivity index (χ4n) is 3.00. The molecule has 0 N–H and O–H groups in total. The molecule has 0 bridgehead atoms. The minimum atomic E-state index is -4.66. The monoisotopic (exact) mass is 423 g/mol. The van der Waals surface area contributed by atoms with Crippen molar-refractivity contribution >= 4 is 11.6 Å². The van der Waals surface area contributed by atoms with Crippen LogP contribution in [0.4, 0.5) is 17.6 Å². The van der Waals surface area contributed by atoms with Gasteiger partial charge in [0.05, 0.1) is 16.3 Å². The molecule has 1 atom stereocenters. The van der Waals surface area contributed by atoms with E-state index in [0.29, 0.717) is 16.8 Å². The van der Waals surface area contributed by atoms with Gasteiger partial charge < -0.3 is 0 Å². The summed E-state index contributed by atoms with van der Waals surface area (Å²) in [6, 6.07) is 5.84. The Morgan fingerprint density at radius 1 is 1.10 bits per heavy atom. The molecule has 29 heavy (non-hydrogen) atoms. The zero-order valence-electron chi connectivity index (χ0n) is 16.4. The molecule has 0 unspecified atom stereocenters. The van der Waals surface area contributed by atoms with Crippen LogP contribution in [0, 0.1) is 5.82 Å². The SMILES string of the molecule is C=C/C(=C\C=C(C)C)C[C@](C)(c1cc(F)cc(C(F)(F)F)c1)c1ccc(Cl)cn1. The Bertz CT molecular complexity index is 938. The Morgan fingerprint density at radius 2 is 1.76 bits per heavy atom. The number of halogens is 5. The molecular formula is C23H22ClF4N. The van der Waals surface area contributed by atoms with Crippen molar-refractivity contribution in [2.75, 3.05) is 0 Å². The van der Waals surface area contributed by atoms with Crippen LogP contribution < -0.4 is 0 Å². The molecule has 1 aromatic carbocycles. The van der Waals surface area contributed by atoms with E-state index in [2.05, 4.69) is 11.6 Å². The summed E-state index contributed by atoms with van der Waals surface area (Å²) in [7, 11) is 0. The molecule has 2 aromatic rings. The Balaban J connectivity index is 2.70. The second kappa shape index (κ2) is 8.95. The van der Waals surface area contributed by atoms with Gasteiger partial charge in [0.15, 0.2) is 0 Å². The second-order valence-electron chi connectivity index (χ2n) is 7.29. The number of hydrogen-bond acceptors (Lipinski definition) is 1. The average Bonchev–Trinajstić information content (AvgIpc) is 2.64. The number of hydrogen-bond donors (Lipinski definition) is 0. The molecule has 0 saturated heterocycles. The van der Waals surface area contributed by atoms with Crippen molar-refractivity contribution in [3.63, 3.8) is 0 Å². The van der Waals surface area contributed by atoms with E-state index < -0.39 is 23.0 Å². The summed E-state index contributed by atoms with van der Waals surface area (Å²) in [6.45, 7) is 9.40. The summed E-state index contributed by atoms with van der Waals surface area (Å²) in [5.41, 5.74) is 0.405. The van der Waals surface area contributed by atoms with E-state index in [4.69, 9.17) is 11.6 Å². The molecule has 0 aliphatic heterocycles. The number of allylic oxidation sites excluding steroid dienone is 5. The molecule has 0 amide bonds. The summed E-state index contributed by atoms with van der Waals surface area (Å²) in [5, 5.41) is 0.398. The zero-order chi connectivity index (χ0) is 21.8. The molecule has 0 aliphatic rings. The van der Waals surface area contributed by atoms with Gasteiger partial charge in [-0.3, -0.25) is 4.98 Å². The second-order valence-corrected chi connectivity index (χ2v) is 7.72. The van der Waals surface area contributed by atoms with Crippen LogP contribution >= 0.6 is 11.6 Å². The van der Waals surface area contributed by atoms with Crippen LogP contribution in [0.2, 0.25) is 5.02 Å². The lowest BCUT2D eigenvalue weighted by Gasteiger charge is -2.31. The smallest absolute Gasteiger partial charge is 0.259 e. The third-order valence-corrected chi connectivity index (χ3v) is 4.83. The van der Waals surface area contributed by atoms with Crippen LogP contribution in [0.25, 0.3) is 0 Å². The van der Waals surface area contributed by atoms with E-state index >= 15 is 0 Å². The summed E-state index contributed by atoms with van der Waals surface area (Å²) in [4.78, 5) is 4.32. The Labute approximate surface area is 173 Å². The highest BCUT2D eigenvalue weighted by Crippen LogP contribution is 2.40. The van der Waals surface area contributed by atoms with E-state index in [-0.39, 0.29) is 12.0 Å². The lowest BCUT2D eigenvalue weighted by Crippen LogP contribution is -2.26. The van der Waals surface area contributed by atoms with Crippen molar-refractivity contribution in [3.05, 3.63) is 100 Å². The predicted molar refractivity (Wildman–Crippen MR) is 109 cm³/mol. The van der Waals surface area contributed by atoms with Gasteiger partial charge in [0.1, 0.15) is 5.82 Å². The van der Waals surface area contributed by atoms with E-state index in [0.717, 1.165) is 23.3 Å². The molecule has 154 valence electrons. The third-order valence-electron chi connectivity index (χ3n) is 4.61. The first-order chi connectivity index (χ1) is 13.5. The summed E-state index contributed by atoms with van der Waals surface area (Å²) >= 11 is 5.93. The van der Waals surface area contributed by atoms with Crippen LogP contribution in [-0.4, -0.2) is 4.98 Å². The summed E-state index contributed by atoms with van der Waals surface area (Å²) in [6.07, 6.45) is 2.41. The van der Waals surface area contributed by atoms with Gasteiger partial charge >= 0.3 is 6.18 Å². The first-order valence-corrected chi connectivity index (χ1v) is 9.30. The highest BCUT2D eigenvalue weighted by molar-refractivity contribution is 6.30. The maximum absolute atomic E-state index is 14.2. The van der Waals surface area contributed by atoms with Crippen molar-refractivity contribution in [1.82, 2.24) is 4.98 Å². The van der Waals surface area contributed by atoms with Crippen molar-refractivity contribution in [1.29, 1.82) is 0 Å². The molecule has 0 fully saturated rings. The van der Waals surface area contributed by atoms with E-state index in [1.165, 1.54) is 6.20 Å². The molecule has 6 heteroatoms. The number of rotatable bonds is 6. The number of alkyl halides is 3. The molecule has 2 rings (SSSR count). The molecule has 0 radical (unpaired) electrons. The van der Waals surface area contributed by atoms with Crippen LogP contribution in [0.15, 0.2) is 72.5 Å². The number of aromatic nitrogens is 1. The lowest BCUT2D eigenvalue weighted by atomic mass is 9.73. The van der Waals surface area contributed by atoms with Gasteiger partial charge in [-0.2, -0.15) is 13.2 Å². The Kier molecular flexibility index (Phi) is 7.06. The quantitative estimate of drug-likeness (QED) is 0.343. The maximum Gasteiger partial charge on any atom is 0.416 e. The minimum Gasteiger partial charge on any atom is -0.259 e. The van der Waals surface area contributed by atoms with Crippen LogP contribution in [0.3, 0.4) is 0 Å². The van der Waals surface area contributed by atoms with Crippen LogP contribution in [0.5, 0.6) is 0 Å². The van der Waals surface area contributed by atoms with E-state index in [1.54, 1.807) is 25.1 Å². The van der Waals surface area contributed by atoms with Crippen molar-refractivity contribution in [2.24, 2.45) is 0 Å². The van der Waals surface area contributed by atoms with Crippen molar-refractivity contribution in [3.8, 4) is 0 Å². The average molecular weight is 424 g/mol. The highest BCUT2D eigenvalue weighted by Gasteiger charge is 2.36. The third kappa shape index (κ3) is 5.80. The van der Waals surface area contributed by atoms with Crippen LogP contribution in [0.1, 0.15) is 44.0 Å². The molecule has 1 heterocycles. The fraction of sp³-hybridized carbons (Fsp3) is 0.261. The van der Waals surface area contributed by atoms with Gasteiger partial charge in [-0.25, -0.2) is 4.39 Å². The number of benzene rings is 1. The first-order valence-electron chi connectivity index (χ1n) is 8.92. The maximum atomic E-state index is 14.2. The van der Waals surface area contributed by atoms with Gasteiger partial charge in [0, 0.05) is 11.6 Å². The standard InChI is InChI=1S/C23H22ClF4N/c1-5-16(7-6-15(2)3)13-22(4,21-9-8-19(24)14-29-21)17-10-18(23(26,27)28)12-20(25)11-17/h5-12,14H,1,13H2,2-4H3/b16-7+/t22-/m1/s1. The fourth-order valence-corrected chi connectivity index (χ4v) is 3.11. The first kappa shape index (κ1) is 22.9. The van der Waals surface area contributed by atoms with Gasteiger partial charge in [-0.1, -0.05) is 42.0 Å². The number of pyridine rings is 1. The topological polar surface area (TPSA) is 12.9 Å². The van der Waals surface area contributed by atoms with Crippen LogP contribution in [-0.2, 0) is 11.6 Å². The van der Waals surface area contributed by atoms with Gasteiger partial charge in [-0.05, 0) is 68.7 Å². The highest BCUT2D eigenvalue weighted by atomic mass is 35.5. The van der Waals surface area contributed by atoms with E-state index in [1.807, 2.05) is 26.0 Å². The molecule has 0 aliphatic carbocycles. The molecule has 0 spiro atoms. The normalized spacial score (nSPS) is 14.3.